The van der Waals surface area contributed by atoms with Crippen molar-refractivity contribution in [3.05, 3.63) is 0 Å². The number of ketones is 1. The third-order valence-electron chi connectivity index (χ3n) is 2.59. The van der Waals surface area contributed by atoms with Gasteiger partial charge in [-0.2, -0.15) is 0 Å². The molecular weight excluding hydrogens is 170 g/mol. The number of amides is 1. The Hall–Kier alpha value is -1.06. The average Bonchev–Trinajstić information content (AvgIpc) is 2.09. The number of Topliss-reactive ketones (excluding diaryl/α,β-unsaturated/α-hetero) is 1. The smallest absolute Gasteiger partial charge is 0.407 e. The van der Waals surface area contributed by atoms with Gasteiger partial charge in [-0.3, -0.25) is 4.79 Å². The van der Waals surface area contributed by atoms with Crippen LogP contribution in [0.25, 0.3) is 0 Å². The number of carbonyl (C=O) groups is 2. The van der Waals surface area contributed by atoms with Crippen molar-refractivity contribution in [2.75, 3.05) is 7.11 Å². The van der Waals surface area contributed by atoms with Crippen molar-refractivity contribution in [2.24, 2.45) is 0 Å². The third-order valence-corrected chi connectivity index (χ3v) is 2.59. The highest BCUT2D eigenvalue weighted by Gasteiger charge is 2.44. The Balaban J connectivity index is 0.00000169. The molecule has 1 fully saturated rings. The molecule has 0 heterocycles. The Bertz CT molecular complexity index is 226. The lowest BCUT2D eigenvalue weighted by Crippen LogP contribution is -2.58. The minimum atomic E-state index is -0.609. The zero-order chi connectivity index (χ0) is 9.90. The minimum absolute atomic E-state index is 0. The molecule has 1 aliphatic carbocycles. The van der Waals surface area contributed by atoms with E-state index in [0.717, 1.165) is 19.3 Å². The lowest BCUT2D eigenvalue weighted by atomic mass is 9.73. The minimum Gasteiger partial charge on any atom is -0.453 e. The number of rotatable bonds is 3. The van der Waals surface area contributed by atoms with Crippen LogP contribution in [0.15, 0.2) is 0 Å². The molecule has 0 aromatic carbocycles. The summed E-state index contributed by atoms with van der Waals surface area (Å²) in [6.07, 6.45) is 2.44. The van der Waals surface area contributed by atoms with Gasteiger partial charge >= 0.3 is 6.09 Å². The topological polar surface area (TPSA) is 55.4 Å². The second-order valence-electron chi connectivity index (χ2n) is 3.33. The van der Waals surface area contributed by atoms with Crippen molar-refractivity contribution in [2.45, 2.75) is 38.1 Å². The monoisotopic (exact) mass is 187 g/mol. The van der Waals surface area contributed by atoms with Gasteiger partial charge in [0, 0.05) is 7.85 Å². The molecule has 1 rings (SSSR count). The number of nitrogens with one attached hydrogen (secondary N) is 1. The van der Waals surface area contributed by atoms with Crippen LogP contribution in [0.4, 0.5) is 4.79 Å². The van der Waals surface area contributed by atoms with E-state index >= 15 is 0 Å². The quantitative estimate of drug-likeness (QED) is 0.728. The predicted octanol–water partition coefficient (Wildman–Crippen LogP) is 1.49. The van der Waals surface area contributed by atoms with Crippen molar-refractivity contribution in [1.82, 2.24) is 5.32 Å². The molecule has 76 valence electrons. The first-order valence-corrected chi connectivity index (χ1v) is 4.54. The first kappa shape index (κ1) is 10.0. The lowest BCUT2D eigenvalue weighted by Gasteiger charge is -2.40. The average molecular weight is 187 g/mol. The Kier molecular flexibility index (Phi) is 2.90. The number of alkyl carbamates (subject to hydrolysis) is 1. The van der Waals surface area contributed by atoms with E-state index in [9.17, 15) is 9.59 Å². The summed E-state index contributed by atoms with van der Waals surface area (Å²) in [4.78, 5) is 22.5. The standard InChI is InChI=1S/C9H15NO3.H2/c1-3-7(11)9(5-4-6-9)10-8(12)13-2;/h3-6H2,1-2H3,(H,10,12);1H. The van der Waals surface area contributed by atoms with Gasteiger partial charge in [0.25, 0.3) is 0 Å². The lowest BCUT2D eigenvalue weighted by molar-refractivity contribution is -0.128. The molecule has 0 radical (unpaired) electrons. The van der Waals surface area contributed by atoms with Gasteiger partial charge in [0.2, 0.25) is 0 Å². The summed E-state index contributed by atoms with van der Waals surface area (Å²) in [6.45, 7) is 1.81. The van der Waals surface area contributed by atoms with Gasteiger partial charge < -0.3 is 10.1 Å². The Labute approximate surface area is 79.1 Å². The number of methoxy groups -OCH3 is 1. The summed E-state index contributed by atoms with van der Waals surface area (Å²) in [7, 11) is 1.30. The Morgan fingerprint density at radius 3 is 2.46 bits per heavy atom. The SMILES string of the molecule is CCC(=O)C1(NC(=O)OC)CCC1.[HH]. The van der Waals surface area contributed by atoms with E-state index in [0.29, 0.717) is 6.42 Å². The summed E-state index contributed by atoms with van der Waals surface area (Å²) in [5, 5.41) is 2.62. The number of hydrogen-bond acceptors (Lipinski definition) is 3. The summed E-state index contributed by atoms with van der Waals surface area (Å²) in [5.41, 5.74) is -0.609. The summed E-state index contributed by atoms with van der Waals surface area (Å²) >= 11 is 0. The van der Waals surface area contributed by atoms with Gasteiger partial charge in [-0.05, 0) is 19.3 Å². The van der Waals surface area contributed by atoms with E-state index in [4.69, 9.17) is 0 Å². The zero-order valence-corrected chi connectivity index (χ0v) is 8.05. The summed E-state index contributed by atoms with van der Waals surface area (Å²) in [5.74, 6) is 0.101. The molecule has 0 bridgehead atoms. The van der Waals surface area contributed by atoms with Crippen molar-refractivity contribution in [3.8, 4) is 0 Å². The zero-order valence-electron chi connectivity index (χ0n) is 8.05. The normalized spacial score (nSPS) is 18.6. The van der Waals surface area contributed by atoms with Crippen LogP contribution in [0.3, 0.4) is 0 Å². The van der Waals surface area contributed by atoms with Gasteiger partial charge in [0.1, 0.15) is 5.54 Å². The maximum atomic E-state index is 11.5. The fourth-order valence-electron chi connectivity index (χ4n) is 1.59. The van der Waals surface area contributed by atoms with Crippen molar-refractivity contribution < 1.29 is 15.8 Å². The van der Waals surface area contributed by atoms with Crippen molar-refractivity contribution in [3.63, 3.8) is 0 Å². The van der Waals surface area contributed by atoms with Crippen LogP contribution in [0, 0.1) is 0 Å². The van der Waals surface area contributed by atoms with Crippen LogP contribution >= 0.6 is 0 Å². The second kappa shape index (κ2) is 3.77. The van der Waals surface area contributed by atoms with Gasteiger partial charge in [0.15, 0.2) is 5.78 Å². The predicted molar refractivity (Wildman–Crippen MR) is 49.5 cm³/mol. The molecule has 1 aliphatic rings. The first-order chi connectivity index (χ1) is 6.14. The van der Waals surface area contributed by atoms with Gasteiger partial charge in [0.05, 0.1) is 7.11 Å². The number of carbonyl (C=O) groups excluding carboxylic acids is 2. The van der Waals surface area contributed by atoms with Crippen LogP contribution in [0.2, 0.25) is 0 Å². The maximum absolute atomic E-state index is 11.5. The second-order valence-corrected chi connectivity index (χ2v) is 3.33. The van der Waals surface area contributed by atoms with E-state index in [1.807, 2.05) is 0 Å². The van der Waals surface area contributed by atoms with Crippen LogP contribution in [0.1, 0.15) is 34.0 Å². The van der Waals surface area contributed by atoms with Crippen LogP contribution in [-0.2, 0) is 9.53 Å². The summed E-state index contributed by atoms with van der Waals surface area (Å²) < 4.78 is 4.47. The van der Waals surface area contributed by atoms with E-state index in [-0.39, 0.29) is 7.21 Å². The molecule has 0 atom stereocenters. The Morgan fingerprint density at radius 2 is 2.15 bits per heavy atom. The van der Waals surface area contributed by atoms with E-state index in [2.05, 4.69) is 10.1 Å². The van der Waals surface area contributed by atoms with E-state index in [1.165, 1.54) is 7.11 Å². The molecule has 0 aliphatic heterocycles. The molecule has 4 nitrogen and oxygen atoms in total. The fraction of sp³-hybridized carbons (Fsp3) is 0.778. The molecule has 1 N–H and O–H groups in total. The molecule has 13 heavy (non-hydrogen) atoms. The third kappa shape index (κ3) is 1.82. The van der Waals surface area contributed by atoms with Gasteiger partial charge in [-0.1, -0.05) is 6.92 Å². The molecule has 4 heteroatoms. The highest BCUT2D eigenvalue weighted by molar-refractivity contribution is 5.92. The summed E-state index contributed by atoms with van der Waals surface area (Å²) in [6, 6.07) is 0. The van der Waals surface area contributed by atoms with Gasteiger partial charge in [-0.25, -0.2) is 4.79 Å². The molecule has 0 spiro atoms. The molecular formula is C9H17NO3. The van der Waals surface area contributed by atoms with Crippen LogP contribution in [0.5, 0.6) is 0 Å². The Morgan fingerprint density at radius 1 is 1.54 bits per heavy atom. The maximum Gasteiger partial charge on any atom is 0.407 e. The highest BCUT2D eigenvalue weighted by atomic mass is 16.5. The fourth-order valence-corrected chi connectivity index (χ4v) is 1.59. The van der Waals surface area contributed by atoms with Crippen LogP contribution in [-0.4, -0.2) is 24.5 Å². The number of ether oxygens (including phenoxy) is 1. The van der Waals surface area contributed by atoms with Gasteiger partial charge in [-0.15, -0.1) is 0 Å². The molecule has 1 amide bonds. The number of hydrogen-bond donors (Lipinski definition) is 1. The van der Waals surface area contributed by atoms with Crippen molar-refractivity contribution in [1.29, 1.82) is 0 Å². The molecule has 0 saturated heterocycles. The first-order valence-electron chi connectivity index (χ1n) is 4.54. The van der Waals surface area contributed by atoms with E-state index in [1.54, 1.807) is 6.92 Å². The molecule has 1 saturated carbocycles. The molecule has 0 unspecified atom stereocenters. The molecule has 0 aromatic heterocycles. The van der Waals surface area contributed by atoms with Crippen molar-refractivity contribution >= 4 is 11.9 Å². The molecule has 0 aromatic rings. The highest BCUT2D eigenvalue weighted by Crippen LogP contribution is 2.33. The van der Waals surface area contributed by atoms with Crippen LogP contribution < -0.4 is 5.32 Å². The van der Waals surface area contributed by atoms with E-state index < -0.39 is 11.6 Å². The largest absolute Gasteiger partial charge is 0.453 e.